The van der Waals surface area contributed by atoms with Crippen LogP contribution in [0.4, 0.5) is 0 Å². The van der Waals surface area contributed by atoms with Gasteiger partial charge in [0.05, 0.1) is 13.2 Å². The third-order valence-electron chi connectivity index (χ3n) is 2.84. The van der Waals surface area contributed by atoms with Crippen molar-refractivity contribution in [2.24, 2.45) is 0 Å². The minimum atomic E-state index is 0.649. The Morgan fingerprint density at radius 3 is 2.87 bits per heavy atom. The molecule has 0 radical (unpaired) electrons. The van der Waals surface area contributed by atoms with Crippen LogP contribution in [0, 0.1) is 0 Å². The lowest BCUT2D eigenvalue weighted by atomic mass is 10.2. The fraction of sp³-hybridized carbons (Fsp3) is 1.00. The van der Waals surface area contributed by atoms with Gasteiger partial charge in [-0.2, -0.15) is 0 Å². The zero-order chi connectivity index (χ0) is 11.1. The van der Waals surface area contributed by atoms with Gasteiger partial charge in [0.15, 0.2) is 0 Å². The molecule has 1 fully saturated rings. The van der Waals surface area contributed by atoms with Crippen molar-refractivity contribution in [2.75, 3.05) is 60.0 Å². The van der Waals surface area contributed by atoms with Gasteiger partial charge in [-0.05, 0) is 21.0 Å². The van der Waals surface area contributed by atoms with Crippen LogP contribution in [0.3, 0.4) is 0 Å². The number of nitrogens with zero attached hydrogens (tertiary/aromatic N) is 2. The molecule has 0 bridgehead atoms. The normalized spacial score (nSPS) is 23.6. The van der Waals surface area contributed by atoms with Crippen LogP contribution >= 0.6 is 0 Å². The Hall–Kier alpha value is -0.160. The molecule has 0 spiro atoms. The monoisotopic (exact) mass is 215 g/mol. The van der Waals surface area contributed by atoms with Crippen LogP contribution < -0.4 is 5.32 Å². The minimum Gasteiger partial charge on any atom is -0.379 e. The van der Waals surface area contributed by atoms with Crippen molar-refractivity contribution in [3.05, 3.63) is 0 Å². The van der Waals surface area contributed by atoms with E-state index in [0.717, 1.165) is 45.9 Å². The predicted octanol–water partition coefficient (Wildman–Crippen LogP) is -0.142. The van der Waals surface area contributed by atoms with E-state index in [2.05, 4.69) is 36.1 Å². The quantitative estimate of drug-likeness (QED) is 0.624. The Morgan fingerprint density at radius 2 is 2.20 bits per heavy atom. The van der Waals surface area contributed by atoms with E-state index in [1.54, 1.807) is 0 Å². The number of nitrogens with one attached hydrogen (secondary N) is 1. The van der Waals surface area contributed by atoms with Gasteiger partial charge in [0, 0.05) is 38.8 Å². The zero-order valence-corrected chi connectivity index (χ0v) is 10.3. The number of rotatable bonds is 6. The molecule has 1 atom stereocenters. The number of ether oxygens (including phenoxy) is 1. The predicted molar refractivity (Wildman–Crippen MR) is 63.3 cm³/mol. The lowest BCUT2D eigenvalue weighted by molar-refractivity contribution is 0.0736. The van der Waals surface area contributed by atoms with E-state index < -0.39 is 0 Å². The van der Waals surface area contributed by atoms with Crippen molar-refractivity contribution >= 4 is 0 Å². The van der Waals surface area contributed by atoms with Crippen LogP contribution in [0.2, 0.25) is 0 Å². The van der Waals surface area contributed by atoms with Crippen LogP contribution in [0.5, 0.6) is 0 Å². The standard InChI is InChI=1S/C11H25N3O/c1-11-10-12-4-5-14(11)7-9-15-8-6-13(2)3/h11-12H,4-10H2,1-3H3. The highest BCUT2D eigenvalue weighted by atomic mass is 16.5. The molecule has 1 saturated heterocycles. The Bertz CT molecular complexity index is 164. The van der Waals surface area contributed by atoms with Gasteiger partial charge in [-0.15, -0.1) is 0 Å². The Kier molecular flexibility index (Phi) is 6.17. The van der Waals surface area contributed by atoms with Gasteiger partial charge in [0.25, 0.3) is 0 Å². The number of hydrogen-bond donors (Lipinski definition) is 1. The van der Waals surface area contributed by atoms with Crippen molar-refractivity contribution < 1.29 is 4.74 Å². The molecule has 1 aliphatic rings. The first-order valence-electron chi connectivity index (χ1n) is 5.87. The summed E-state index contributed by atoms with van der Waals surface area (Å²) in [5.74, 6) is 0. The molecular weight excluding hydrogens is 190 g/mol. The van der Waals surface area contributed by atoms with E-state index in [1.807, 2.05) is 0 Å². The molecule has 0 aliphatic carbocycles. The van der Waals surface area contributed by atoms with E-state index in [1.165, 1.54) is 0 Å². The van der Waals surface area contributed by atoms with Crippen molar-refractivity contribution in [3.63, 3.8) is 0 Å². The summed E-state index contributed by atoms with van der Waals surface area (Å²) in [7, 11) is 4.14. The maximum absolute atomic E-state index is 5.59. The summed E-state index contributed by atoms with van der Waals surface area (Å²) in [5, 5.41) is 3.39. The smallest absolute Gasteiger partial charge is 0.0594 e. The molecule has 1 aliphatic heterocycles. The van der Waals surface area contributed by atoms with Crippen molar-refractivity contribution in [1.82, 2.24) is 15.1 Å². The second kappa shape index (κ2) is 7.17. The third-order valence-corrected chi connectivity index (χ3v) is 2.84. The Labute approximate surface area is 93.6 Å². The molecule has 1 N–H and O–H groups in total. The van der Waals surface area contributed by atoms with Crippen LogP contribution in [0.15, 0.2) is 0 Å². The second-order valence-electron chi connectivity index (χ2n) is 4.50. The van der Waals surface area contributed by atoms with Gasteiger partial charge in [0.2, 0.25) is 0 Å². The molecule has 0 saturated carbocycles. The van der Waals surface area contributed by atoms with E-state index in [9.17, 15) is 0 Å². The minimum absolute atomic E-state index is 0.649. The van der Waals surface area contributed by atoms with Gasteiger partial charge in [-0.25, -0.2) is 0 Å². The third kappa shape index (κ3) is 5.47. The average molecular weight is 215 g/mol. The SMILES string of the molecule is CC1CNCCN1CCOCCN(C)C. The molecule has 4 heteroatoms. The van der Waals surface area contributed by atoms with Gasteiger partial charge in [-0.3, -0.25) is 4.90 Å². The molecule has 1 heterocycles. The van der Waals surface area contributed by atoms with E-state index >= 15 is 0 Å². The molecule has 15 heavy (non-hydrogen) atoms. The maximum atomic E-state index is 5.59. The van der Waals surface area contributed by atoms with E-state index in [4.69, 9.17) is 4.74 Å². The molecule has 4 nitrogen and oxygen atoms in total. The first-order valence-corrected chi connectivity index (χ1v) is 5.87. The summed E-state index contributed by atoms with van der Waals surface area (Å²) in [5.41, 5.74) is 0. The van der Waals surface area contributed by atoms with Crippen LogP contribution in [-0.4, -0.2) is 75.9 Å². The Balaban J connectivity index is 1.99. The summed E-state index contributed by atoms with van der Waals surface area (Å²) in [4.78, 5) is 4.64. The highest BCUT2D eigenvalue weighted by Crippen LogP contribution is 2.01. The molecule has 1 unspecified atom stereocenters. The van der Waals surface area contributed by atoms with Crippen LogP contribution in [0.25, 0.3) is 0 Å². The van der Waals surface area contributed by atoms with Gasteiger partial charge in [0.1, 0.15) is 0 Å². The van der Waals surface area contributed by atoms with E-state index in [0.29, 0.717) is 6.04 Å². The van der Waals surface area contributed by atoms with Crippen molar-refractivity contribution in [1.29, 1.82) is 0 Å². The summed E-state index contributed by atoms with van der Waals surface area (Å²) in [6.07, 6.45) is 0. The molecule has 0 aromatic heterocycles. The summed E-state index contributed by atoms with van der Waals surface area (Å²) < 4.78 is 5.59. The summed E-state index contributed by atoms with van der Waals surface area (Å²) in [6.45, 7) is 9.42. The molecular formula is C11H25N3O. The van der Waals surface area contributed by atoms with E-state index in [-0.39, 0.29) is 0 Å². The summed E-state index contributed by atoms with van der Waals surface area (Å²) >= 11 is 0. The zero-order valence-electron chi connectivity index (χ0n) is 10.3. The first kappa shape index (κ1) is 12.9. The lowest BCUT2D eigenvalue weighted by Gasteiger charge is -2.33. The average Bonchev–Trinajstić information content (AvgIpc) is 2.20. The van der Waals surface area contributed by atoms with Gasteiger partial charge in [-0.1, -0.05) is 0 Å². The highest BCUT2D eigenvalue weighted by Gasteiger charge is 2.16. The fourth-order valence-electron chi connectivity index (χ4n) is 1.75. The molecule has 90 valence electrons. The second-order valence-corrected chi connectivity index (χ2v) is 4.50. The Morgan fingerprint density at radius 1 is 1.40 bits per heavy atom. The molecule has 0 aromatic carbocycles. The molecule has 1 rings (SSSR count). The van der Waals surface area contributed by atoms with Crippen molar-refractivity contribution in [2.45, 2.75) is 13.0 Å². The van der Waals surface area contributed by atoms with Crippen molar-refractivity contribution in [3.8, 4) is 0 Å². The maximum Gasteiger partial charge on any atom is 0.0594 e. The lowest BCUT2D eigenvalue weighted by Crippen LogP contribution is -2.50. The molecule has 0 aromatic rings. The number of piperazine rings is 1. The van der Waals surface area contributed by atoms with Gasteiger partial charge < -0.3 is 15.0 Å². The van der Waals surface area contributed by atoms with Crippen LogP contribution in [0.1, 0.15) is 6.92 Å². The van der Waals surface area contributed by atoms with Crippen LogP contribution in [-0.2, 0) is 4.74 Å². The fourth-order valence-corrected chi connectivity index (χ4v) is 1.75. The highest BCUT2D eigenvalue weighted by molar-refractivity contribution is 4.75. The summed E-state index contributed by atoms with van der Waals surface area (Å²) in [6, 6.07) is 0.649. The number of hydrogen-bond acceptors (Lipinski definition) is 4. The topological polar surface area (TPSA) is 27.7 Å². The number of likely N-dealkylation sites (N-methyl/N-ethyl adjacent to an activating group) is 1. The largest absolute Gasteiger partial charge is 0.379 e. The van der Waals surface area contributed by atoms with Gasteiger partial charge >= 0.3 is 0 Å². The molecule has 0 amide bonds. The first-order chi connectivity index (χ1) is 7.20.